The second-order valence-electron chi connectivity index (χ2n) is 7.65. The van der Waals surface area contributed by atoms with Gasteiger partial charge in [-0.1, -0.05) is 48.5 Å². The molecule has 1 aromatic heterocycles. The van der Waals surface area contributed by atoms with E-state index in [4.69, 9.17) is 4.99 Å². The minimum absolute atomic E-state index is 0. The molecule has 4 rings (SSSR count). The van der Waals surface area contributed by atoms with E-state index >= 15 is 0 Å². The molecular weight excluding hydrogens is 501 g/mol. The molecule has 0 radical (unpaired) electrons. The molecule has 2 heterocycles. The third-order valence-corrected chi connectivity index (χ3v) is 5.40. The van der Waals surface area contributed by atoms with Gasteiger partial charge < -0.3 is 19.9 Å². The van der Waals surface area contributed by atoms with Crippen molar-refractivity contribution in [1.82, 2.24) is 19.8 Å². The maximum atomic E-state index is 9.87. The fourth-order valence-corrected chi connectivity index (χ4v) is 3.84. The number of imidazole rings is 1. The van der Waals surface area contributed by atoms with Crippen LogP contribution in [0.4, 0.5) is 0 Å². The van der Waals surface area contributed by atoms with Crippen molar-refractivity contribution in [2.24, 2.45) is 4.99 Å². The summed E-state index contributed by atoms with van der Waals surface area (Å²) in [6.07, 6.45) is 6.15. The van der Waals surface area contributed by atoms with Crippen LogP contribution in [0.2, 0.25) is 0 Å². The van der Waals surface area contributed by atoms with E-state index in [1.807, 2.05) is 12.5 Å². The number of guanidine groups is 1. The van der Waals surface area contributed by atoms with Crippen molar-refractivity contribution in [1.29, 1.82) is 0 Å². The Labute approximate surface area is 201 Å². The van der Waals surface area contributed by atoms with Gasteiger partial charge in [-0.15, -0.1) is 24.0 Å². The first-order chi connectivity index (χ1) is 14.7. The second kappa shape index (κ2) is 11.3. The minimum atomic E-state index is -0.262. The van der Waals surface area contributed by atoms with E-state index in [0.717, 1.165) is 32.0 Å². The lowest BCUT2D eigenvalue weighted by Crippen LogP contribution is -2.40. The van der Waals surface area contributed by atoms with Crippen LogP contribution in [0, 0.1) is 0 Å². The zero-order valence-corrected chi connectivity index (χ0v) is 20.1. The van der Waals surface area contributed by atoms with Gasteiger partial charge in [0, 0.05) is 38.6 Å². The van der Waals surface area contributed by atoms with Gasteiger partial charge in [0.15, 0.2) is 5.96 Å². The summed E-state index contributed by atoms with van der Waals surface area (Å²) in [4.78, 5) is 11.1. The number of aliphatic imine (C=N–C) groups is 1. The Balaban J connectivity index is 0.00000272. The smallest absolute Gasteiger partial charge is 0.194 e. The highest BCUT2D eigenvalue weighted by molar-refractivity contribution is 14.0. The molecule has 7 heteroatoms. The lowest BCUT2D eigenvalue weighted by Gasteiger charge is -2.21. The Morgan fingerprint density at radius 3 is 2.68 bits per heavy atom. The first kappa shape index (κ1) is 23.3. The maximum absolute atomic E-state index is 9.87. The van der Waals surface area contributed by atoms with Crippen LogP contribution in [0.1, 0.15) is 24.5 Å². The molecule has 1 aliphatic heterocycles. The highest BCUT2D eigenvalue weighted by Gasteiger charge is 2.22. The van der Waals surface area contributed by atoms with Gasteiger partial charge in [0.25, 0.3) is 0 Å². The van der Waals surface area contributed by atoms with Crippen molar-refractivity contribution in [2.75, 3.05) is 19.6 Å². The Hall–Kier alpha value is -2.39. The lowest BCUT2D eigenvalue weighted by atomic mass is 9.98. The molecule has 164 valence electrons. The van der Waals surface area contributed by atoms with Crippen LogP contribution in [-0.4, -0.2) is 51.3 Å². The van der Waals surface area contributed by atoms with Crippen LogP contribution in [0.25, 0.3) is 11.1 Å². The van der Waals surface area contributed by atoms with Gasteiger partial charge in [-0.3, -0.25) is 0 Å². The van der Waals surface area contributed by atoms with Gasteiger partial charge >= 0.3 is 0 Å². The van der Waals surface area contributed by atoms with Crippen LogP contribution < -0.4 is 5.32 Å². The predicted octanol–water partition coefficient (Wildman–Crippen LogP) is 3.75. The Morgan fingerprint density at radius 2 is 2.00 bits per heavy atom. The summed E-state index contributed by atoms with van der Waals surface area (Å²) in [7, 11) is 0. The molecule has 31 heavy (non-hydrogen) atoms. The van der Waals surface area contributed by atoms with Crippen molar-refractivity contribution >= 4 is 29.9 Å². The summed E-state index contributed by atoms with van der Waals surface area (Å²) in [6, 6.07) is 17.1. The predicted molar refractivity (Wildman–Crippen MR) is 136 cm³/mol. The van der Waals surface area contributed by atoms with Crippen molar-refractivity contribution in [3.63, 3.8) is 0 Å². The Kier molecular flexibility index (Phi) is 8.48. The molecule has 1 aliphatic rings. The number of benzene rings is 2. The van der Waals surface area contributed by atoms with Crippen molar-refractivity contribution in [2.45, 2.75) is 32.5 Å². The van der Waals surface area contributed by atoms with E-state index in [1.165, 1.54) is 22.3 Å². The Morgan fingerprint density at radius 1 is 1.19 bits per heavy atom. The summed E-state index contributed by atoms with van der Waals surface area (Å²) in [6.45, 7) is 5.79. The highest BCUT2D eigenvalue weighted by atomic mass is 127. The standard InChI is InChI=1S/C24H29N5O.HI/c1-2-26-24(29-13-11-22(30)17-29)27-15-21-5-3-4-6-23(21)20-9-7-19(8-10-20)16-28-14-12-25-18-28;/h3-10,12,14,18,22,30H,2,11,13,15-17H2,1H3,(H,26,27);1H/t22-;/m1./s1. The molecule has 0 amide bonds. The van der Waals surface area contributed by atoms with Crippen LogP contribution in [0.3, 0.4) is 0 Å². The van der Waals surface area contributed by atoms with Gasteiger partial charge in [-0.25, -0.2) is 9.98 Å². The Bertz CT molecular complexity index is 972. The van der Waals surface area contributed by atoms with E-state index in [1.54, 1.807) is 6.20 Å². The number of hydrogen-bond acceptors (Lipinski definition) is 3. The maximum Gasteiger partial charge on any atom is 0.194 e. The molecule has 0 unspecified atom stereocenters. The van der Waals surface area contributed by atoms with Gasteiger partial charge in [0.1, 0.15) is 0 Å². The number of nitrogens with one attached hydrogen (secondary N) is 1. The number of β-amino-alcohol motifs (C(OH)–C–C–N with tert-alkyl or cyclic N) is 1. The third kappa shape index (κ3) is 6.07. The van der Waals surface area contributed by atoms with E-state index in [9.17, 15) is 5.11 Å². The van der Waals surface area contributed by atoms with Gasteiger partial charge in [-0.05, 0) is 35.6 Å². The van der Waals surface area contributed by atoms with E-state index in [2.05, 4.69) is 75.2 Å². The fraction of sp³-hybridized carbons (Fsp3) is 0.333. The molecule has 2 aromatic carbocycles. The third-order valence-electron chi connectivity index (χ3n) is 5.40. The van der Waals surface area contributed by atoms with Crippen LogP contribution in [0.5, 0.6) is 0 Å². The lowest BCUT2D eigenvalue weighted by molar-refractivity contribution is 0.188. The number of aromatic nitrogens is 2. The average molecular weight is 531 g/mol. The van der Waals surface area contributed by atoms with Crippen molar-refractivity contribution in [3.8, 4) is 11.1 Å². The van der Waals surface area contributed by atoms with Crippen LogP contribution in [-0.2, 0) is 13.1 Å². The SMILES string of the molecule is CCNC(=NCc1ccccc1-c1ccc(Cn2ccnc2)cc1)N1CC[C@@H](O)C1.I. The summed E-state index contributed by atoms with van der Waals surface area (Å²) in [5.74, 6) is 0.875. The highest BCUT2D eigenvalue weighted by Crippen LogP contribution is 2.25. The summed E-state index contributed by atoms with van der Waals surface area (Å²) >= 11 is 0. The minimum Gasteiger partial charge on any atom is -0.391 e. The number of aliphatic hydroxyl groups is 1. The largest absolute Gasteiger partial charge is 0.391 e. The number of nitrogens with zero attached hydrogens (tertiary/aromatic N) is 4. The van der Waals surface area contributed by atoms with Crippen molar-refractivity contribution in [3.05, 3.63) is 78.4 Å². The van der Waals surface area contributed by atoms with Gasteiger partial charge in [-0.2, -0.15) is 0 Å². The normalized spacial score (nSPS) is 16.3. The average Bonchev–Trinajstić information content (AvgIpc) is 3.44. The molecular formula is C24H30IN5O. The molecule has 3 aromatic rings. The second-order valence-corrected chi connectivity index (χ2v) is 7.65. The van der Waals surface area contributed by atoms with E-state index in [0.29, 0.717) is 13.1 Å². The molecule has 0 aliphatic carbocycles. The molecule has 0 saturated carbocycles. The molecule has 2 N–H and O–H groups in total. The molecule has 1 atom stereocenters. The van der Waals surface area contributed by atoms with E-state index < -0.39 is 0 Å². The first-order valence-corrected chi connectivity index (χ1v) is 10.6. The number of aliphatic hydroxyl groups excluding tert-OH is 1. The van der Waals surface area contributed by atoms with E-state index in [-0.39, 0.29) is 30.1 Å². The summed E-state index contributed by atoms with van der Waals surface area (Å²) in [5.41, 5.74) is 4.83. The summed E-state index contributed by atoms with van der Waals surface area (Å²) < 4.78 is 2.06. The topological polar surface area (TPSA) is 65.7 Å². The van der Waals surface area contributed by atoms with Crippen molar-refractivity contribution < 1.29 is 5.11 Å². The first-order valence-electron chi connectivity index (χ1n) is 10.6. The van der Waals surface area contributed by atoms with Crippen LogP contribution in [0.15, 0.2) is 72.2 Å². The molecule has 6 nitrogen and oxygen atoms in total. The molecule has 0 spiro atoms. The molecule has 0 bridgehead atoms. The zero-order chi connectivity index (χ0) is 20.8. The number of likely N-dealkylation sites (tertiary alicyclic amines) is 1. The summed E-state index contributed by atoms with van der Waals surface area (Å²) in [5, 5.41) is 13.2. The van der Waals surface area contributed by atoms with Gasteiger partial charge in [0.05, 0.1) is 19.0 Å². The zero-order valence-electron chi connectivity index (χ0n) is 17.8. The van der Waals surface area contributed by atoms with Crippen LogP contribution >= 0.6 is 24.0 Å². The quantitative estimate of drug-likeness (QED) is 0.289. The fourth-order valence-electron chi connectivity index (χ4n) is 3.84. The number of halogens is 1. The monoisotopic (exact) mass is 531 g/mol. The number of hydrogen-bond donors (Lipinski definition) is 2. The molecule has 1 fully saturated rings. The molecule has 1 saturated heterocycles. The number of rotatable bonds is 6. The van der Waals surface area contributed by atoms with Gasteiger partial charge in [0.2, 0.25) is 0 Å².